The molecule has 0 aliphatic rings. The highest BCUT2D eigenvalue weighted by molar-refractivity contribution is 7.47. The van der Waals surface area contributed by atoms with Gasteiger partial charge in [0.1, 0.15) is 19.3 Å². The van der Waals surface area contributed by atoms with Crippen LogP contribution >= 0.6 is 15.6 Å². The first kappa shape index (κ1) is 100. The zero-order chi connectivity index (χ0) is 75.3. The molecule has 102 heavy (non-hydrogen) atoms. The first-order valence-electron chi connectivity index (χ1n) is 42.7. The van der Waals surface area contributed by atoms with Gasteiger partial charge in [0.2, 0.25) is 0 Å². The molecule has 0 aromatic heterocycles. The minimum absolute atomic E-state index is 0.107. The molecule has 0 fully saturated rings. The fourth-order valence-electron chi connectivity index (χ4n) is 12.8. The molecule has 19 heteroatoms. The van der Waals surface area contributed by atoms with Crippen molar-refractivity contribution in [2.45, 2.75) is 446 Å². The molecular formula is C83H162O17P2. The average molecular weight is 1490 g/mol. The standard InChI is InChI=1S/C83H162O17P2/c1-9-76(8)62-54-46-38-30-24-18-13-14-20-27-33-41-50-58-66-83(88)100-79(70-94-81(86)64-56-48-42-34-37-45-53-61-75(6)7)72-98-102(91,92)96-68-77(84)67-95-101(89,90)97-71-78(69-93-80(85)63-55-47-39-31-25-21-15-17-23-29-36-44-52-60-74(4)5)99-82(87)65-57-49-40-32-26-19-12-10-11-16-22-28-35-43-51-59-73(2)3/h73-79,84H,9-72H2,1-8H3,(H,89,90)(H,91,92)/t76?,77?,78-,79-/m1/s1. The van der Waals surface area contributed by atoms with Gasteiger partial charge in [-0.05, 0) is 49.4 Å². The Morgan fingerprint density at radius 3 is 0.696 bits per heavy atom. The summed E-state index contributed by atoms with van der Waals surface area (Å²) in [6.45, 7) is 14.3. The number of aliphatic hydroxyl groups is 1. The molecular weight excluding hydrogens is 1330 g/mol. The Morgan fingerprint density at radius 1 is 0.275 bits per heavy atom. The fraction of sp³-hybridized carbons (Fsp3) is 0.952. The second-order valence-corrected chi connectivity index (χ2v) is 34.4. The van der Waals surface area contributed by atoms with Crippen LogP contribution in [0.1, 0.15) is 428 Å². The Kier molecular flexibility index (Phi) is 70.6. The Hall–Kier alpha value is -1.94. The minimum Gasteiger partial charge on any atom is -0.462 e. The van der Waals surface area contributed by atoms with Gasteiger partial charge in [-0.2, -0.15) is 0 Å². The molecule has 0 saturated heterocycles. The second kappa shape index (κ2) is 72.0. The summed E-state index contributed by atoms with van der Waals surface area (Å²) in [5.74, 6) is 1.03. The Balaban J connectivity index is 5.24. The minimum atomic E-state index is -4.96. The molecule has 0 aromatic rings. The molecule has 0 bridgehead atoms. The molecule has 17 nitrogen and oxygen atoms in total. The van der Waals surface area contributed by atoms with Gasteiger partial charge in [-0.3, -0.25) is 37.3 Å². The van der Waals surface area contributed by atoms with Crippen molar-refractivity contribution in [2.75, 3.05) is 39.6 Å². The van der Waals surface area contributed by atoms with E-state index in [0.717, 1.165) is 114 Å². The van der Waals surface area contributed by atoms with Crippen molar-refractivity contribution in [1.82, 2.24) is 0 Å². The highest BCUT2D eigenvalue weighted by Crippen LogP contribution is 2.45. The third kappa shape index (κ3) is 74.9. The lowest BCUT2D eigenvalue weighted by Gasteiger charge is -2.21. The van der Waals surface area contributed by atoms with Crippen LogP contribution in [0.25, 0.3) is 0 Å². The van der Waals surface area contributed by atoms with Crippen LogP contribution in [0, 0.1) is 23.7 Å². The van der Waals surface area contributed by atoms with E-state index in [4.69, 9.17) is 37.0 Å². The van der Waals surface area contributed by atoms with E-state index in [1.807, 2.05) is 0 Å². The molecule has 0 heterocycles. The largest absolute Gasteiger partial charge is 0.472 e. The highest BCUT2D eigenvalue weighted by Gasteiger charge is 2.30. The van der Waals surface area contributed by atoms with E-state index in [1.165, 1.54) is 225 Å². The number of hydrogen-bond donors (Lipinski definition) is 3. The van der Waals surface area contributed by atoms with E-state index in [9.17, 15) is 43.2 Å². The van der Waals surface area contributed by atoms with Crippen molar-refractivity contribution in [1.29, 1.82) is 0 Å². The van der Waals surface area contributed by atoms with E-state index in [0.29, 0.717) is 31.6 Å². The first-order chi connectivity index (χ1) is 49.1. The average Bonchev–Trinajstić information content (AvgIpc) is 0.923. The lowest BCUT2D eigenvalue weighted by Crippen LogP contribution is -2.30. The molecule has 0 radical (unpaired) electrons. The van der Waals surface area contributed by atoms with Crippen LogP contribution in [-0.4, -0.2) is 96.7 Å². The normalized spacial score (nSPS) is 14.3. The molecule has 0 aliphatic carbocycles. The van der Waals surface area contributed by atoms with Crippen molar-refractivity contribution >= 4 is 39.5 Å². The van der Waals surface area contributed by atoms with Crippen LogP contribution < -0.4 is 0 Å². The van der Waals surface area contributed by atoms with Crippen LogP contribution in [0.2, 0.25) is 0 Å². The Labute approximate surface area is 626 Å². The Morgan fingerprint density at radius 2 is 0.471 bits per heavy atom. The summed E-state index contributed by atoms with van der Waals surface area (Å²) < 4.78 is 68.8. The van der Waals surface area contributed by atoms with E-state index in [-0.39, 0.29) is 25.7 Å². The molecule has 0 rings (SSSR count). The summed E-state index contributed by atoms with van der Waals surface area (Å²) in [6, 6.07) is 0. The zero-order valence-electron chi connectivity index (χ0n) is 67.2. The number of carbonyl (C=O) groups is 4. The number of esters is 4. The van der Waals surface area contributed by atoms with Crippen LogP contribution in [-0.2, 0) is 65.4 Å². The van der Waals surface area contributed by atoms with Gasteiger partial charge in [0.25, 0.3) is 0 Å². The SMILES string of the molecule is CCC(C)CCCCCCCCCCCCCCCCC(=O)O[C@H](COC(=O)CCCCCCCCCC(C)C)COP(=O)(O)OCC(O)COP(=O)(O)OC[C@@H](COC(=O)CCCCCCCCCCCCCCCC(C)C)OC(=O)CCCCCCCCCCCCCCCCCC(C)C. The topological polar surface area (TPSA) is 237 Å². The molecule has 4 unspecified atom stereocenters. The number of phosphoric acid groups is 2. The molecule has 0 saturated carbocycles. The van der Waals surface area contributed by atoms with E-state index in [2.05, 4.69) is 55.4 Å². The maximum Gasteiger partial charge on any atom is 0.472 e. The highest BCUT2D eigenvalue weighted by atomic mass is 31.2. The quantitative estimate of drug-likeness (QED) is 0.0222. The van der Waals surface area contributed by atoms with Crippen molar-refractivity contribution in [3.63, 3.8) is 0 Å². The van der Waals surface area contributed by atoms with Crippen LogP contribution in [0.5, 0.6) is 0 Å². The van der Waals surface area contributed by atoms with Gasteiger partial charge < -0.3 is 33.8 Å². The van der Waals surface area contributed by atoms with E-state index >= 15 is 0 Å². The van der Waals surface area contributed by atoms with Crippen molar-refractivity contribution in [3.05, 3.63) is 0 Å². The van der Waals surface area contributed by atoms with E-state index in [1.54, 1.807) is 0 Å². The maximum atomic E-state index is 13.1. The van der Waals surface area contributed by atoms with Crippen molar-refractivity contribution in [2.24, 2.45) is 23.7 Å². The molecule has 0 spiro atoms. The third-order valence-electron chi connectivity index (χ3n) is 19.7. The number of ether oxygens (including phenoxy) is 4. The molecule has 0 amide bonds. The fourth-order valence-corrected chi connectivity index (χ4v) is 14.3. The molecule has 0 aliphatic heterocycles. The summed E-state index contributed by atoms with van der Waals surface area (Å²) in [4.78, 5) is 73.1. The summed E-state index contributed by atoms with van der Waals surface area (Å²) in [7, 11) is -9.93. The lowest BCUT2D eigenvalue weighted by molar-refractivity contribution is -0.161. The number of hydrogen-bond acceptors (Lipinski definition) is 15. The number of carbonyl (C=O) groups excluding carboxylic acids is 4. The van der Waals surface area contributed by atoms with Crippen LogP contribution in [0.3, 0.4) is 0 Å². The Bertz CT molecular complexity index is 1990. The van der Waals surface area contributed by atoms with Crippen molar-refractivity contribution < 1.29 is 80.2 Å². The number of rotatable bonds is 80. The van der Waals surface area contributed by atoms with Crippen molar-refractivity contribution in [3.8, 4) is 0 Å². The van der Waals surface area contributed by atoms with Gasteiger partial charge in [-0.1, -0.05) is 376 Å². The smallest absolute Gasteiger partial charge is 0.462 e. The lowest BCUT2D eigenvalue weighted by atomic mass is 9.99. The van der Waals surface area contributed by atoms with Gasteiger partial charge in [0.05, 0.1) is 26.4 Å². The van der Waals surface area contributed by atoms with Crippen LogP contribution in [0.4, 0.5) is 0 Å². The van der Waals surface area contributed by atoms with Gasteiger partial charge in [0, 0.05) is 25.7 Å². The third-order valence-corrected chi connectivity index (χ3v) is 21.6. The molecule has 3 N–H and O–H groups in total. The van der Waals surface area contributed by atoms with Gasteiger partial charge in [-0.15, -0.1) is 0 Å². The van der Waals surface area contributed by atoms with Gasteiger partial charge in [-0.25, -0.2) is 9.13 Å². The second-order valence-electron chi connectivity index (χ2n) is 31.5. The number of phosphoric ester groups is 2. The number of unbranched alkanes of at least 4 members (excludes halogenated alkanes) is 45. The van der Waals surface area contributed by atoms with E-state index < -0.39 is 97.5 Å². The maximum absolute atomic E-state index is 13.1. The molecule has 606 valence electrons. The summed E-state index contributed by atoms with van der Waals surface area (Å²) in [5, 5.41) is 10.7. The predicted octanol–water partition coefficient (Wildman–Crippen LogP) is 24.8. The van der Waals surface area contributed by atoms with Gasteiger partial charge in [0.15, 0.2) is 12.2 Å². The van der Waals surface area contributed by atoms with Gasteiger partial charge >= 0.3 is 39.5 Å². The molecule has 0 aromatic carbocycles. The zero-order valence-corrected chi connectivity index (χ0v) is 69.0. The predicted molar refractivity (Wildman–Crippen MR) is 418 cm³/mol. The van der Waals surface area contributed by atoms with Crippen LogP contribution in [0.15, 0.2) is 0 Å². The molecule has 6 atom stereocenters. The summed E-state index contributed by atoms with van der Waals surface area (Å²) in [6.07, 6.45) is 59.6. The summed E-state index contributed by atoms with van der Waals surface area (Å²) >= 11 is 0. The monoisotopic (exact) mass is 1490 g/mol. The number of aliphatic hydroxyl groups excluding tert-OH is 1. The summed E-state index contributed by atoms with van der Waals surface area (Å²) in [5.41, 5.74) is 0. The first-order valence-corrected chi connectivity index (χ1v) is 45.7.